The van der Waals surface area contributed by atoms with E-state index in [0.29, 0.717) is 6.42 Å². The van der Waals surface area contributed by atoms with Crippen LogP contribution in [0, 0.1) is 0 Å². The van der Waals surface area contributed by atoms with Crippen molar-refractivity contribution >= 4 is 21.8 Å². The van der Waals surface area contributed by atoms with E-state index in [1.54, 1.807) is 0 Å². The molecule has 0 heterocycles. The zero-order valence-corrected chi connectivity index (χ0v) is 11.5. The molecule has 0 rings (SSSR count). The molecule has 0 aliphatic rings. The normalized spacial score (nSPS) is 10.5. The van der Waals surface area contributed by atoms with Gasteiger partial charge in [0.25, 0.3) is 0 Å². The summed E-state index contributed by atoms with van der Waals surface area (Å²) in [5.74, 6) is -1.53. The minimum atomic E-state index is -3.26. The highest BCUT2D eigenvalue weighted by atomic mass is 32.2. The second kappa shape index (κ2) is 9.32. The van der Waals surface area contributed by atoms with Crippen LogP contribution in [0.25, 0.3) is 0 Å². The molecule has 0 bridgehead atoms. The Balaban J connectivity index is 3.78. The van der Waals surface area contributed by atoms with Gasteiger partial charge in [-0.3, -0.25) is 4.79 Å². The average molecular weight is 290 g/mol. The van der Waals surface area contributed by atoms with E-state index in [-0.39, 0.29) is 31.1 Å². The van der Waals surface area contributed by atoms with Crippen molar-refractivity contribution in [3.63, 3.8) is 0 Å². The van der Waals surface area contributed by atoms with Gasteiger partial charge in [0.1, 0.15) is 13.2 Å². The Morgan fingerprint density at radius 3 is 2.26 bits per heavy atom. The molecule has 0 spiro atoms. The van der Waals surface area contributed by atoms with Gasteiger partial charge >= 0.3 is 11.9 Å². The largest absolute Gasteiger partial charge is 0.462 e. The molecule has 108 valence electrons. The summed E-state index contributed by atoms with van der Waals surface area (Å²) in [4.78, 5) is 21.9. The van der Waals surface area contributed by atoms with Crippen LogP contribution in [-0.4, -0.2) is 45.1 Å². The zero-order chi connectivity index (χ0) is 14.7. The van der Waals surface area contributed by atoms with Crippen LogP contribution in [-0.2, 0) is 28.9 Å². The monoisotopic (exact) mass is 290 g/mol. The molecule has 19 heavy (non-hydrogen) atoms. The van der Waals surface area contributed by atoms with Gasteiger partial charge in [-0.1, -0.05) is 12.7 Å². The van der Waals surface area contributed by atoms with Crippen molar-refractivity contribution in [2.45, 2.75) is 12.8 Å². The van der Waals surface area contributed by atoms with Crippen LogP contribution in [0.4, 0.5) is 0 Å². The molecule has 0 aromatic carbocycles. The number of allylic oxidation sites excluding steroid dienone is 1. The van der Waals surface area contributed by atoms with Gasteiger partial charge in [0, 0.05) is 6.08 Å². The smallest absolute Gasteiger partial charge is 0.330 e. The third-order valence-electron chi connectivity index (χ3n) is 2.01. The molecule has 0 aliphatic heterocycles. The van der Waals surface area contributed by atoms with E-state index in [2.05, 4.69) is 17.9 Å². The molecule has 0 saturated heterocycles. The third kappa shape index (κ3) is 10.0. The lowest BCUT2D eigenvalue weighted by Gasteiger charge is -2.05. The lowest BCUT2D eigenvalue weighted by molar-refractivity contribution is -0.149. The molecule has 0 unspecified atom stereocenters. The molecular weight excluding hydrogens is 272 g/mol. The number of esters is 2. The van der Waals surface area contributed by atoms with E-state index in [1.807, 2.05) is 0 Å². The summed E-state index contributed by atoms with van der Waals surface area (Å²) in [7, 11) is -3.26. The van der Waals surface area contributed by atoms with Gasteiger partial charge in [-0.05, 0) is 6.42 Å². The van der Waals surface area contributed by atoms with Crippen LogP contribution < -0.4 is 0 Å². The Bertz CT molecular complexity index is 424. The molecule has 0 aromatic heterocycles. The lowest BCUT2D eigenvalue weighted by atomic mass is 10.5. The maximum Gasteiger partial charge on any atom is 0.330 e. The summed E-state index contributed by atoms with van der Waals surface area (Å²) in [6.45, 7) is 6.44. The first kappa shape index (κ1) is 17.4. The van der Waals surface area contributed by atoms with Crippen LogP contribution in [0.5, 0.6) is 0 Å². The van der Waals surface area contributed by atoms with Crippen molar-refractivity contribution in [1.82, 2.24) is 0 Å². The summed E-state index contributed by atoms with van der Waals surface area (Å²) in [5.41, 5.74) is 0. The van der Waals surface area contributed by atoms with Crippen LogP contribution in [0.15, 0.2) is 25.3 Å². The highest BCUT2D eigenvalue weighted by Gasteiger charge is 2.13. The molecular formula is C12H18O6S. The molecule has 0 fully saturated rings. The van der Waals surface area contributed by atoms with Crippen LogP contribution in [0.3, 0.4) is 0 Å². The van der Waals surface area contributed by atoms with Crippen molar-refractivity contribution < 1.29 is 27.5 Å². The van der Waals surface area contributed by atoms with Gasteiger partial charge in [0.15, 0.2) is 9.84 Å². The molecule has 0 saturated carbocycles. The fourth-order valence-corrected chi connectivity index (χ4v) is 2.24. The molecule has 6 nitrogen and oxygen atoms in total. The Hall–Kier alpha value is -1.63. The minimum absolute atomic E-state index is 0.0271. The Morgan fingerprint density at radius 1 is 1.05 bits per heavy atom. The topological polar surface area (TPSA) is 86.7 Å². The first-order chi connectivity index (χ1) is 8.91. The molecule has 0 aliphatic carbocycles. The number of rotatable bonds is 10. The molecule has 0 radical (unpaired) electrons. The van der Waals surface area contributed by atoms with Gasteiger partial charge in [-0.15, -0.1) is 6.58 Å². The highest BCUT2D eigenvalue weighted by Crippen LogP contribution is 1.99. The maximum atomic E-state index is 11.4. The van der Waals surface area contributed by atoms with Gasteiger partial charge in [0.05, 0.1) is 17.9 Å². The lowest BCUT2D eigenvalue weighted by Crippen LogP contribution is -2.17. The van der Waals surface area contributed by atoms with Crippen LogP contribution in [0.1, 0.15) is 12.8 Å². The molecule has 0 N–H and O–H groups in total. The second-order valence-electron chi connectivity index (χ2n) is 3.57. The summed E-state index contributed by atoms with van der Waals surface area (Å²) < 4.78 is 32.1. The van der Waals surface area contributed by atoms with Crippen molar-refractivity contribution in [3.05, 3.63) is 25.3 Å². The number of carbonyl (C=O) groups is 2. The van der Waals surface area contributed by atoms with Gasteiger partial charge in [-0.25, -0.2) is 13.2 Å². The SMILES string of the molecule is C=CCCS(=O)(=O)CCC(=O)OCCOC(=O)C=C. The number of hydrogen-bond donors (Lipinski definition) is 0. The zero-order valence-electron chi connectivity index (χ0n) is 10.7. The summed E-state index contributed by atoms with van der Waals surface area (Å²) in [6.07, 6.45) is 2.64. The van der Waals surface area contributed by atoms with E-state index in [4.69, 9.17) is 4.74 Å². The fraction of sp³-hybridized carbons (Fsp3) is 0.500. The molecule has 7 heteroatoms. The maximum absolute atomic E-state index is 11.4. The van der Waals surface area contributed by atoms with E-state index < -0.39 is 21.8 Å². The van der Waals surface area contributed by atoms with E-state index >= 15 is 0 Å². The quantitative estimate of drug-likeness (QED) is 0.254. The first-order valence-electron chi connectivity index (χ1n) is 5.67. The highest BCUT2D eigenvalue weighted by molar-refractivity contribution is 7.91. The van der Waals surface area contributed by atoms with Crippen molar-refractivity contribution in [2.75, 3.05) is 24.7 Å². The molecule has 0 aromatic rings. The Morgan fingerprint density at radius 2 is 1.68 bits per heavy atom. The second-order valence-corrected chi connectivity index (χ2v) is 5.87. The van der Waals surface area contributed by atoms with Gasteiger partial charge in [0.2, 0.25) is 0 Å². The van der Waals surface area contributed by atoms with E-state index in [0.717, 1.165) is 6.08 Å². The number of sulfone groups is 1. The van der Waals surface area contributed by atoms with E-state index in [1.165, 1.54) is 6.08 Å². The van der Waals surface area contributed by atoms with Crippen molar-refractivity contribution in [3.8, 4) is 0 Å². The predicted octanol–water partition coefficient (Wildman–Crippen LogP) is 0.640. The first-order valence-corrected chi connectivity index (χ1v) is 7.49. The van der Waals surface area contributed by atoms with E-state index in [9.17, 15) is 18.0 Å². The van der Waals surface area contributed by atoms with Gasteiger partial charge in [-0.2, -0.15) is 0 Å². The summed E-state index contributed by atoms with van der Waals surface area (Å²) >= 11 is 0. The predicted molar refractivity (Wildman–Crippen MR) is 70.2 cm³/mol. The molecule has 0 amide bonds. The third-order valence-corrected chi connectivity index (χ3v) is 3.69. The Labute approximate surface area is 113 Å². The minimum Gasteiger partial charge on any atom is -0.462 e. The van der Waals surface area contributed by atoms with Crippen LogP contribution >= 0.6 is 0 Å². The van der Waals surface area contributed by atoms with Crippen LogP contribution in [0.2, 0.25) is 0 Å². The molecule has 0 atom stereocenters. The van der Waals surface area contributed by atoms with Crippen molar-refractivity contribution in [1.29, 1.82) is 0 Å². The van der Waals surface area contributed by atoms with Gasteiger partial charge < -0.3 is 9.47 Å². The standard InChI is InChI=1S/C12H18O6S/c1-3-5-9-19(15,16)10-6-12(14)18-8-7-17-11(13)4-2/h3-4H,1-2,5-10H2. The number of hydrogen-bond acceptors (Lipinski definition) is 6. The summed E-state index contributed by atoms with van der Waals surface area (Å²) in [6, 6.07) is 0. The number of carbonyl (C=O) groups excluding carboxylic acids is 2. The van der Waals surface area contributed by atoms with Crippen molar-refractivity contribution in [2.24, 2.45) is 0 Å². The Kier molecular flexibility index (Phi) is 8.52. The summed E-state index contributed by atoms with van der Waals surface area (Å²) in [5, 5.41) is 0. The fourth-order valence-electron chi connectivity index (χ4n) is 1.03. The average Bonchev–Trinajstić information content (AvgIpc) is 2.39. The number of ether oxygens (including phenoxy) is 2.